The summed E-state index contributed by atoms with van der Waals surface area (Å²) in [7, 11) is 0. The van der Waals surface area contributed by atoms with Crippen molar-refractivity contribution < 1.29 is 14.0 Å². The second-order valence-electron chi connectivity index (χ2n) is 4.89. The monoisotopic (exact) mass is 384 g/mol. The zero-order chi connectivity index (χ0) is 17.4. The molecule has 0 atom stereocenters. The van der Waals surface area contributed by atoms with Gasteiger partial charge in [-0.15, -0.1) is 0 Å². The van der Waals surface area contributed by atoms with E-state index in [4.69, 9.17) is 34.8 Å². The van der Waals surface area contributed by atoms with E-state index in [-0.39, 0.29) is 16.4 Å². The number of imide groups is 1. The van der Waals surface area contributed by atoms with Crippen LogP contribution >= 0.6 is 34.8 Å². The Morgan fingerprint density at radius 2 is 1.46 bits per heavy atom. The Morgan fingerprint density at radius 3 is 2.04 bits per heavy atom. The zero-order valence-electron chi connectivity index (χ0n) is 11.8. The van der Waals surface area contributed by atoms with Crippen LogP contribution in [0, 0.1) is 5.82 Å². The van der Waals surface area contributed by atoms with Crippen LogP contribution in [0.1, 0.15) is 0 Å². The van der Waals surface area contributed by atoms with E-state index in [1.165, 1.54) is 30.3 Å². The van der Waals surface area contributed by atoms with Crippen LogP contribution in [-0.2, 0) is 9.59 Å². The molecule has 0 bridgehead atoms. The Kier molecular flexibility index (Phi) is 4.49. The van der Waals surface area contributed by atoms with Crippen molar-refractivity contribution in [1.82, 2.24) is 0 Å². The maximum Gasteiger partial charge on any atom is 0.283 e. The van der Waals surface area contributed by atoms with Crippen molar-refractivity contribution in [1.29, 1.82) is 0 Å². The lowest BCUT2D eigenvalue weighted by Crippen LogP contribution is -2.32. The lowest BCUT2D eigenvalue weighted by molar-refractivity contribution is -0.120. The summed E-state index contributed by atoms with van der Waals surface area (Å²) in [5, 5.41) is 3.19. The van der Waals surface area contributed by atoms with Crippen LogP contribution in [0.4, 0.5) is 15.8 Å². The number of nitrogens with zero attached hydrogens (tertiary/aromatic N) is 1. The van der Waals surface area contributed by atoms with E-state index in [0.717, 1.165) is 17.0 Å². The summed E-state index contributed by atoms with van der Waals surface area (Å²) in [6.07, 6.45) is 0. The molecule has 0 fully saturated rings. The van der Waals surface area contributed by atoms with Crippen LogP contribution in [-0.4, -0.2) is 11.8 Å². The number of nitrogens with one attached hydrogen (secondary N) is 1. The molecule has 8 heteroatoms. The van der Waals surface area contributed by atoms with Gasteiger partial charge in [-0.25, -0.2) is 9.29 Å². The molecule has 0 unspecified atom stereocenters. The number of benzene rings is 2. The fraction of sp³-hybridized carbons (Fsp3) is 0. The Morgan fingerprint density at radius 1 is 0.875 bits per heavy atom. The maximum absolute atomic E-state index is 13.0. The van der Waals surface area contributed by atoms with E-state index in [1.54, 1.807) is 0 Å². The molecule has 1 aliphatic heterocycles. The Balaban J connectivity index is 1.93. The third-order valence-electron chi connectivity index (χ3n) is 3.24. The lowest BCUT2D eigenvalue weighted by Gasteiger charge is -2.15. The van der Waals surface area contributed by atoms with Gasteiger partial charge in [-0.05, 0) is 42.5 Å². The molecule has 4 nitrogen and oxygen atoms in total. The summed E-state index contributed by atoms with van der Waals surface area (Å²) in [6, 6.07) is 9.50. The van der Waals surface area contributed by atoms with Gasteiger partial charge in [0.25, 0.3) is 11.8 Å². The second kappa shape index (κ2) is 6.43. The van der Waals surface area contributed by atoms with Gasteiger partial charge in [0.15, 0.2) is 0 Å². The lowest BCUT2D eigenvalue weighted by atomic mass is 10.2. The summed E-state index contributed by atoms with van der Waals surface area (Å²) in [4.78, 5) is 25.6. The molecule has 1 heterocycles. The van der Waals surface area contributed by atoms with E-state index in [1.807, 2.05) is 0 Å². The van der Waals surface area contributed by atoms with Gasteiger partial charge in [-0.1, -0.05) is 34.8 Å². The molecule has 1 N–H and O–H groups in total. The van der Waals surface area contributed by atoms with Crippen molar-refractivity contribution in [3.8, 4) is 0 Å². The number of carbonyl (C=O) groups is 2. The molecule has 2 aromatic carbocycles. The molecule has 2 amide bonds. The minimum Gasteiger partial charge on any atom is -0.350 e. The molecule has 0 saturated heterocycles. The second-order valence-corrected chi connectivity index (χ2v) is 6.15. The third kappa shape index (κ3) is 3.11. The van der Waals surface area contributed by atoms with Crippen LogP contribution in [0.15, 0.2) is 53.2 Å². The predicted octanol–water partition coefficient (Wildman–Crippen LogP) is 4.57. The molecule has 2 aromatic rings. The van der Waals surface area contributed by atoms with Crippen molar-refractivity contribution in [2.45, 2.75) is 0 Å². The number of halogens is 4. The first-order chi connectivity index (χ1) is 11.4. The van der Waals surface area contributed by atoms with Gasteiger partial charge in [-0.3, -0.25) is 9.59 Å². The summed E-state index contributed by atoms with van der Waals surface area (Å²) in [5.74, 6) is -1.85. The van der Waals surface area contributed by atoms with E-state index >= 15 is 0 Å². The van der Waals surface area contributed by atoms with E-state index < -0.39 is 17.6 Å². The Bertz CT molecular complexity index is 861. The molecule has 0 aromatic heterocycles. The molecule has 0 radical (unpaired) electrons. The largest absolute Gasteiger partial charge is 0.350 e. The van der Waals surface area contributed by atoms with Gasteiger partial charge in [0, 0.05) is 15.7 Å². The smallest absolute Gasteiger partial charge is 0.283 e. The third-order valence-corrected chi connectivity index (χ3v) is 4.03. The fourth-order valence-corrected chi connectivity index (χ4v) is 2.94. The van der Waals surface area contributed by atoms with Gasteiger partial charge >= 0.3 is 0 Å². The molecule has 24 heavy (non-hydrogen) atoms. The average Bonchev–Trinajstić information content (AvgIpc) is 2.71. The first-order valence-electron chi connectivity index (χ1n) is 6.64. The first-order valence-corrected chi connectivity index (χ1v) is 7.77. The quantitative estimate of drug-likeness (QED) is 0.788. The molecule has 0 spiro atoms. The van der Waals surface area contributed by atoms with Gasteiger partial charge in [0.1, 0.15) is 16.5 Å². The van der Waals surface area contributed by atoms with Crippen LogP contribution in [0.5, 0.6) is 0 Å². The van der Waals surface area contributed by atoms with Gasteiger partial charge in [0.05, 0.1) is 5.69 Å². The van der Waals surface area contributed by atoms with Crippen molar-refractivity contribution in [2.75, 3.05) is 10.2 Å². The number of rotatable bonds is 3. The Hall–Kier alpha value is -2.08. The predicted molar refractivity (Wildman–Crippen MR) is 91.9 cm³/mol. The van der Waals surface area contributed by atoms with Gasteiger partial charge in [0.2, 0.25) is 0 Å². The van der Waals surface area contributed by atoms with E-state index in [9.17, 15) is 14.0 Å². The average molecular weight is 386 g/mol. The standard InChI is InChI=1S/C16H8Cl3FN2O2/c17-8-5-9(18)7-11(6-8)21-14-13(19)15(23)22(16(14)24)12-3-1-10(20)2-4-12/h1-7,21H. The summed E-state index contributed by atoms with van der Waals surface area (Å²) >= 11 is 17.8. The number of hydrogen-bond acceptors (Lipinski definition) is 3. The SMILES string of the molecule is O=C1C(Cl)=C(Nc2cc(Cl)cc(Cl)c2)C(=O)N1c1ccc(F)cc1. The molecule has 3 rings (SSSR count). The normalized spacial score (nSPS) is 14.6. The number of hydrogen-bond donors (Lipinski definition) is 1. The highest BCUT2D eigenvalue weighted by Gasteiger charge is 2.38. The van der Waals surface area contributed by atoms with Gasteiger partial charge < -0.3 is 5.32 Å². The first kappa shape index (κ1) is 16.8. The highest BCUT2D eigenvalue weighted by atomic mass is 35.5. The topological polar surface area (TPSA) is 49.4 Å². The molecule has 0 aliphatic carbocycles. The number of anilines is 2. The highest BCUT2D eigenvalue weighted by Crippen LogP contribution is 2.31. The fourth-order valence-electron chi connectivity index (χ4n) is 2.21. The Labute approximate surface area is 151 Å². The van der Waals surface area contributed by atoms with E-state index in [0.29, 0.717) is 15.7 Å². The molecule has 122 valence electrons. The number of carbonyl (C=O) groups excluding carboxylic acids is 2. The minimum absolute atomic E-state index is 0.107. The van der Waals surface area contributed by atoms with Crippen molar-refractivity contribution in [3.05, 3.63) is 69.1 Å². The van der Waals surface area contributed by atoms with Crippen molar-refractivity contribution >= 4 is 58.0 Å². The van der Waals surface area contributed by atoms with Crippen molar-refractivity contribution in [2.24, 2.45) is 0 Å². The van der Waals surface area contributed by atoms with Crippen LogP contribution in [0.25, 0.3) is 0 Å². The summed E-state index contributed by atoms with van der Waals surface area (Å²) in [6.45, 7) is 0. The van der Waals surface area contributed by atoms with Crippen LogP contribution in [0.2, 0.25) is 10.0 Å². The minimum atomic E-state index is -0.705. The van der Waals surface area contributed by atoms with Crippen LogP contribution < -0.4 is 10.2 Å². The molecular formula is C16H8Cl3FN2O2. The molecule has 1 aliphatic rings. The van der Waals surface area contributed by atoms with Crippen LogP contribution in [0.3, 0.4) is 0 Å². The zero-order valence-corrected chi connectivity index (χ0v) is 14.1. The molecular weight excluding hydrogens is 378 g/mol. The highest BCUT2D eigenvalue weighted by molar-refractivity contribution is 6.53. The van der Waals surface area contributed by atoms with Gasteiger partial charge in [-0.2, -0.15) is 0 Å². The van der Waals surface area contributed by atoms with E-state index in [2.05, 4.69) is 5.32 Å². The van der Waals surface area contributed by atoms with Crippen molar-refractivity contribution in [3.63, 3.8) is 0 Å². The number of amides is 2. The summed E-state index contributed by atoms with van der Waals surface area (Å²) in [5.41, 5.74) is 0.512. The summed E-state index contributed by atoms with van der Waals surface area (Å²) < 4.78 is 13.0. The maximum atomic E-state index is 13.0. The molecule has 0 saturated carbocycles.